The van der Waals surface area contributed by atoms with Gasteiger partial charge in [0.2, 0.25) is 0 Å². The molecule has 0 aliphatic carbocycles. The van der Waals surface area contributed by atoms with Crippen molar-refractivity contribution in [3.8, 4) is 16.9 Å². The third-order valence-corrected chi connectivity index (χ3v) is 6.55. The molecule has 4 N–H and O–H groups in total. The van der Waals surface area contributed by atoms with Gasteiger partial charge in [-0.3, -0.25) is 10.3 Å². The Morgan fingerprint density at radius 3 is 2.47 bits per heavy atom. The molecule has 0 bridgehead atoms. The summed E-state index contributed by atoms with van der Waals surface area (Å²) in [5.41, 5.74) is 8.31. The summed E-state index contributed by atoms with van der Waals surface area (Å²) >= 11 is 6.01. The van der Waals surface area contributed by atoms with Crippen LogP contribution in [-0.2, 0) is 0 Å². The second-order valence-electron chi connectivity index (χ2n) is 8.75. The number of benzene rings is 2. The maximum atomic E-state index is 7.21. The van der Waals surface area contributed by atoms with Gasteiger partial charge in [0.1, 0.15) is 11.3 Å². The number of nitrogens with zero attached hydrogens (tertiary/aromatic N) is 2. The molecule has 3 aromatic rings. The zero-order valence-corrected chi connectivity index (χ0v) is 20.3. The number of nitrogens with one attached hydrogen (secondary N) is 2. The van der Waals surface area contributed by atoms with Gasteiger partial charge in [-0.25, -0.2) is 0 Å². The van der Waals surface area contributed by atoms with Gasteiger partial charge in [0.05, 0.1) is 12.9 Å². The number of ether oxygens (including phenoxy) is 1. The van der Waals surface area contributed by atoms with E-state index in [1.807, 2.05) is 36.4 Å². The summed E-state index contributed by atoms with van der Waals surface area (Å²) in [6.45, 7) is 7.92. The van der Waals surface area contributed by atoms with Crippen molar-refractivity contribution in [1.82, 2.24) is 15.1 Å². The number of furan rings is 1. The first kappa shape index (κ1) is 24.4. The Hall–Kier alpha value is -2.74. The van der Waals surface area contributed by atoms with E-state index in [0.29, 0.717) is 6.61 Å². The normalized spacial score (nSPS) is 15.0. The third kappa shape index (κ3) is 6.88. The topological polar surface area (TPSA) is 90.8 Å². The van der Waals surface area contributed by atoms with E-state index in [9.17, 15) is 0 Å². The van der Waals surface area contributed by atoms with Gasteiger partial charge in [-0.2, -0.15) is 0 Å². The van der Waals surface area contributed by atoms with Gasteiger partial charge in [-0.05, 0) is 55.6 Å². The van der Waals surface area contributed by atoms with E-state index < -0.39 is 0 Å². The Kier molecular flexibility index (Phi) is 8.68. The standard InChI is InChI=1S/C26H34ClN5O2/c27-21-6-4-20(5-7-21)24-19-34-25-18-22(8-9-23(24)25)33-17-3-1-2-11-31-13-15-32(16-14-31)12-10-30-26(28)29/h4-9,18-19H,1-3,10-17H2,(H4,28,29,30). The molecule has 2 aromatic carbocycles. The minimum atomic E-state index is 0.0485. The van der Waals surface area contributed by atoms with E-state index in [1.54, 1.807) is 6.26 Å². The van der Waals surface area contributed by atoms with Crippen molar-refractivity contribution < 1.29 is 9.15 Å². The van der Waals surface area contributed by atoms with Crippen LogP contribution in [0.15, 0.2) is 53.1 Å². The Morgan fingerprint density at radius 1 is 1.00 bits per heavy atom. The predicted molar refractivity (Wildman–Crippen MR) is 139 cm³/mol. The van der Waals surface area contributed by atoms with Gasteiger partial charge in [0.25, 0.3) is 0 Å². The van der Waals surface area contributed by atoms with Crippen LogP contribution in [-0.4, -0.2) is 68.2 Å². The van der Waals surface area contributed by atoms with Crippen LogP contribution in [0.3, 0.4) is 0 Å². The smallest absolute Gasteiger partial charge is 0.185 e. The number of halogens is 1. The molecule has 1 aliphatic heterocycles. The van der Waals surface area contributed by atoms with Crippen molar-refractivity contribution in [2.75, 3.05) is 52.4 Å². The van der Waals surface area contributed by atoms with Crippen LogP contribution in [0.25, 0.3) is 22.1 Å². The Balaban J connectivity index is 1.12. The molecule has 7 nitrogen and oxygen atoms in total. The zero-order chi connectivity index (χ0) is 23.8. The van der Waals surface area contributed by atoms with Gasteiger partial charge >= 0.3 is 0 Å². The first-order valence-electron chi connectivity index (χ1n) is 12.0. The average Bonchev–Trinajstić information content (AvgIpc) is 3.26. The predicted octanol–water partition coefficient (Wildman–Crippen LogP) is 4.40. The van der Waals surface area contributed by atoms with Crippen molar-refractivity contribution in [2.24, 2.45) is 5.73 Å². The fourth-order valence-corrected chi connectivity index (χ4v) is 4.47. The highest BCUT2D eigenvalue weighted by atomic mass is 35.5. The van der Waals surface area contributed by atoms with Gasteiger partial charge in [0.15, 0.2) is 5.96 Å². The highest BCUT2D eigenvalue weighted by Gasteiger charge is 2.16. The lowest BCUT2D eigenvalue weighted by atomic mass is 10.0. The largest absolute Gasteiger partial charge is 0.493 e. The Labute approximate surface area is 206 Å². The lowest BCUT2D eigenvalue weighted by Crippen LogP contribution is -2.48. The summed E-state index contributed by atoms with van der Waals surface area (Å²) < 4.78 is 11.8. The fourth-order valence-electron chi connectivity index (χ4n) is 4.34. The van der Waals surface area contributed by atoms with Gasteiger partial charge in [-0.1, -0.05) is 23.7 Å². The van der Waals surface area contributed by atoms with E-state index in [1.165, 1.54) is 6.42 Å². The molecule has 1 aromatic heterocycles. The maximum absolute atomic E-state index is 7.21. The Bertz CT molecular complexity index is 1060. The molecule has 0 saturated carbocycles. The first-order valence-corrected chi connectivity index (χ1v) is 12.4. The molecule has 0 radical (unpaired) electrons. The number of fused-ring (bicyclic) bond motifs is 1. The van der Waals surface area contributed by atoms with E-state index in [0.717, 1.165) is 91.5 Å². The van der Waals surface area contributed by atoms with Crippen molar-refractivity contribution in [3.63, 3.8) is 0 Å². The van der Waals surface area contributed by atoms with Crippen LogP contribution in [0.1, 0.15) is 19.3 Å². The zero-order valence-electron chi connectivity index (χ0n) is 19.6. The first-order chi connectivity index (χ1) is 16.6. The number of guanidine groups is 1. The molecule has 0 amide bonds. The van der Waals surface area contributed by atoms with Crippen LogP contribution < -0.4 is 15.8 Å². The summed E-state index contributed by atoms with van der Waals surface area (Å²) in [4.78, 5) is 4.97. The summed E-state index contributed by atoms with van der Waals surface area (Å²) in [7, 11) is 0. The maximum Gasteiger partial charge on any atom is 0.185 e. The van der Waals surface area contributed by atoms with E-state index in [4.69, 9.17) is 31.9 Å². The number of unbranched alkanes of at least 4 members (excludes halogenated alkanes) is 2. The molecule has 0 spiro atoms. The molecule has 1 fully saturated rings. The van der Waals surface area contributed by atoms with Crippen molar-refractivity contribution >= 4 is 28.5 Å². The van der Waals surface area contributed by atoms with Crippen LogP contribution in [0, 0.1) is 5.41 Å². The van der Waals surface area contributed by atoms with Crippen molar-refractivity contribution in [3.05, 3.63) is 53.8 Å². The van der Waals surface area contributed by atoms with E-state index in [-0.39, 0.29) is 5.96 Å². The minimum Gasteiger partial charge on any atom is -0.493 e. The van der Waals surface area contributed by atoms with Gasteiger partial charge in [0, 0.05) is 61.3 Å². The third-order valence-electron chi connectivity index (χ3n) is 6.30. The molecule has 0 atom stereocenters. The minimum absolute atomic E-state index is 0.0485. The molecule has 0 unspecified atom stereocenters. The number of piperazine rings is 1. The summed E-state index contributed by atoms with van der Waals surface area (Å²) in [5.74, 6) is 0.896. The van der Waals surface area contributed by atoms with Crippen LogP contribution >= 0.6 is 11.6 Å². The molecule has 1 saturated heterocycles. The molecule has 8 heteroatoms. The highest BCUT2D eigenvalue weighted by molar-refractivity contribution is 6.30. The van der Waals surface area contributed by atoms with Crippen molar-refractivity contribution in [2.45, 2.75) is 19.3 Å². The van der Waals surface area contributed by atoms with Gasteiger partial charge in [-0.15, -0.1) is 0 Å². The summed E-state index contributed by atoms with van der Waals surface area (Å²) in [6.07, 6.45) is 5.19. The second kappa shape index (κ2) is 12.1. The number of hydrogen-bond donors (Lipinski definition) is 3. The number of rotatable bonds is 11. The Morgan fingerprint density at radius 2 is 1.74 bits per heavy atom. The summed E-state index contributed by atoms with van der Waals surface area (Å²) in [6, 6.07) is 13.8. The van der Waals surface area contributed by atoms with E-state index >= 15 is 0 Å². The van der Waals surface area contributed by atoms with Gasteiger partial charge < -0.3 is 25.1 Å². The quantitative estimate of drug-likeness (QED) is 0.213. The monoisotopic (exact) mass is 483 g/mol. The number of hydrogen-bond acceptors (Lipinski definition) is 5. The lowest BCUT2D eigenvalue weighted by molar-refractivity contribution is 0.132. The SMILES string of the molecule is N=C(N)NCCN1CCN(CCCCCOc2ccc3c(-c4ccc(Cl)cc4)coc3c2)CC1. The van der Waals surface area contributed by atoms with Crippen LogP contribution in [0.2, 0.25) is 5.02 Å². The molecule has 34 heavy (non-hydrogen) atoms. The molecule has 1 aliphatic rings. The molecule has 4 rings (SSSR count). The van der Waals surface area contributed by atoms with Crippen molar-refractivity contribution in [1.29, 1.82) is 5.41 Å². The lowest BCUT2D eigenvalue weighted by Gasteiger charge is -2.34. The van der Waals surface area contributed by atoms with E-state index in [2.05, 4.69) is 21.2 Å². The average molecular weight is 484 g/mol. The number of nitrogens with two attached hydrogens (primary N) is 1. The highest BCUT2D eigenvalue weighted by Crippen LogP contribution is 2.33. The second-order valence-corrected chi connectivity index (χ2v) is 9.18. The fraction of sp³-hybridized carbons (Fsp3) is 0.423. The molecular weight excluding hydrogens is 450 g/mol. The molecular formula is C26H34ClN5O2. The van der Waals surface area contributed by atoms with Crippen LogP contribution in [0.5, 0.6) is 5.75 Å². The van der Waals surface area contributed by atoms with Crippen LogP contribution in [0.4, 0.5) is 0 Å². The molecule has 182 valence electrons. The molecule has 2 heterocycles. The summed E-state index contributed by atoms with van der Waals surface area (Å²) in [5, 5.41) is 11.9.